The van der Waals surface area contributed by atoms with Crippen LogP contribution in [0.15, 0.2) is 47.9 Å². The fourth-order valence-electron chi connectivity index (χ4n) is 3.26. The summed E-state index contributed by atoms with van der Waals surface area (Å²) in [5, 5.41) is 2.98. The van der Waals surface area contributed by atoms with Crippen molar-refractivity contribution in [3.63, 3.8) is 0 Å². The van der Waals surface area contributed by atoms with Crippen molar-refractivity contribution in [2.45, 2.75) is 26.7 Å². The van der Waals surface area contributed by atoms with Crippen molar-refractivity contribution in [1.82, 2.24) is 10.3 Å². The fourth-order valence-corrected chi connectivity index (χ4v) is 3.26. The maximum absolute atomic E-state index is 12.6. The predicted octanol–water partition coefficient (Wildman–Crippen LogP) is 2.33. The van der Waals surface area contributed by atoms with Crippen molar-refractivity contribution < 1.29 is 9.59 Å². The largest absolute Gasteiger partial charge is 0.399 e. The van der Waals surface area contributed by atoms with E-state index in [1.54, 1.807) is 30.3 Å². The van der Waals surface area contributed by atoms with Crippen LogP contribution in [-0.2, 0) is 0 Å². The average Bonchev–Trinajstić information content (AvgIpc) is 3.11. The average molecular weight is 365 g/mol. The molecule has 27 heavy (non-hydrogen) atoms. The number of aryl methyl sites for hydroxylation is 1. The smallest absolute Gasteiger partial charge is 0.255 e. The molecule has 1 aromatic carbocycles. The molecule has 0 bridgehead atoms. The summed E-state index contributed by atoms with van der Waals surface area (Å²) >= 11 is 0. The fraction of sp³-hybridized carbons (Fsp3) is 0.250. The highest BCUT2D eigenvalue weighted by molar-refractivity contribution is 5.97. The first-order valence-electron chi connectivity index (χ1n) is 8.77. The molecule has 2 amide bonds. The Hall–Kier alpha value is -3.35. The molecular formula is C20H23N5O2. The topological polar surface area (TPSA) is 114 Å². The number of rotatable bonds is 4. The Labute approximate surface area is 158 Å². The molecule has 1 fully saturated rings. The van der Waals surface area contributed by atoms with Gasteiger partial charge in [0.1, 0.15) is 5.82 Å². The second-order valence-corrected chi connectivity index (χ2v) is 6.62. The number of allylic oxidation sites excluding steroid dienone is 2. The summed E-state index contributed by atoms with van der Waals surface area (Å²) in [5.74, 6) is 0.0553. The van der Waals surface area contributed by atoms with E-state index in [4.69, 9.17) is 11.5 Å². The van der Waals surface area contributed by atoms with Gasteiger partial charge in [-0.1, -0.05) is 0 Å². The lowest BCUT2D eigenvalue weighted by Crippen LogP contribution is -2.27. The zero-order valence-corrected chi connectivity index (χ0v) is 15.5. The molecule has 1 saturated heterocycles. The summed E-state index contributed by atoms with van der Waals surface area (Å²) in [6, 6.07) is 8.66. The molecule has 0 atom stereocenters. The SMILES string of the molecule is CC(NC(=O)c1ccc(N)cc1C)=C1CCCN1c1ccc(C(N)=O)cn1. The molecule has 1 aromatic heterocycles. The van der Waals surface area contributed by atoms with E-state index < -0.39 is 5.91 Å². The monoisotopic (exact) mass is 365 g/mol. The summed E-state index contributed by atoms with van der Waals surface area (Å²) in [6.45, 7) is 4.54. The number of nitrogen functional groups attached to an aromatic ring is 1. The highest BCUT2D eigenvalue weighted by Crippen LogP contribution is 2.28. The number of anilines is 2. The van der Waals surface area contributed by atoms with Gasteiger partial charge in [0.05, 0.1) is 5.56 Å². The molecule has 7 nitrogen and oxygen atoms in total. The first kappa shape index (κ1) is 18.4. The Morgan fingerprint density at radius 1 is 1.22 bits per heavy atom. The minimum Gasteiger partial charge on any atom is -0.399 e. The number of hydrogen-bond donors (Lipinski definition) is 3. The summed E-state index contributed by atoms with van der Waals surface area (Å²) < 4.78 is 0. The van der Waals surface area contributed by atoms with Crippen LogP contribution in [0.4, 0.5) is 11.5 Å². The van der Waals surface area contributed by atoms with Gasteiger partial charge in [-0.2, -0.15) is 0 Å². The van der Waals surface area contributed by atoms with Crippen molar-refractivity contribution >= 4 is 23.3 Å². The van der Waals surface area contributed by atoms with Crippen molar-refractivity contribution in [1.29, 1.82) is 0 Å². The summed E-state index contributed by atoms with van der Waals surface area (Å²) in [5.41, 5.74) is 15.2. The normalized spacial score (nSPS) is 15.6. The number of amides is 2. The number of nitrogens with one attached hydrogen (secondary N) is 1. The predicted molar refractivity (Wildman–Crippen MR) is 105 cm³/mol. The molecule has 5 N–H and O–H groups in total. The number of hydrogen-bond acceptors (Lipinski definition) is 5. The third kappa shape index (κ3) is 3.92. The van der Waals surface area contributed by atoms with Crippen LogP contribution in [-0.4, -0.2) is 23.3 Å². The molecule has 3 rings (SSSR count). The second kappa shape index (κ2) is 7.49. The maximum atomic E-state index is 12.6. The van der Waals surface area contributed by atoms with E-state index in [9.17, 15) is 9.59 Å². The molecule has 0 saturated carbocycles. The molecule has 1 aliphatic rings. The van der Waals surface area contributed by atoms with E-state index >= 15 is 0 Å². The van der Waals surface area contributed by atoms with Crippen LogP contribution in [0.3, 0.4) is 0 Å². The molecule has 0 spiro atoms. The van der Waals surface area contributed by atoms with Gasteiger partial charge >= 0.3 is 0 Å². The number of carbonyl (C=O) groups excluding carboxylic acids is 2. The zero-order chi connectivity index (χ0) is 19.6. The van der Waals surface area contributed by atoms with Crippen molar-refractivity contribution in [2.24, 2.45) is 5.73 Å². The Morgan fingerprint density at radius 2 is 2.00 bits per heavy atom. The van der Waals surface area contributed by atoms with Crippen molar-refractivity contribution in [2.75, 3.05) is 17.2 Å². The third-order valence-electron chi connectivity index (χ3n) is 4.66. The molecule has 0 radical (unpaired) electrons. The second-order valence-electron chi connectivity index (χ2n) is 6.62. The molecule has 140 valence electrons. The molecule has 1 aliphatic heterocycles. The quantitative estimate of drug-likeness (QED) is 0.720. The van der Waals surface area contributed by atoms with Crippen LogP contribution in [0.1, 0.15) is 46.0 Å². The van der Waals surface area contributed by atoms with Crippen LogP contribution >= 0.6 is 0 Å². The minimum absolute atomic E-state index is 0.165. The van der Waals surface area contributed by atoms with E-state index in [0.29, 0.717) is 16.8 Å². The van der Waals surface area contributed by atoms with E-state index in [1.165, 1.54) is 6.20 Å². The first-order chi connectivity index (χ1) is 12.9. The van der Waals surface area contributed by atoms with Gasteiger partial charge in [0.25, 0.3) is 5.91 Å². The van der Waals surface area contributed by atoms with Crippen LogP contribution in [0.2, 0.25) is 0 Å². The number of aromatic nitrogens is 1. The Balaban J connectivity index is 1.82. The number of benzene rings is 1. The lowest BCUT2D eigenvalue weighted by Gasteiger charge is -2.22. The summed E-state index contributed by atoms with van der Waals surface area (Å²) in [4.78, 5) is 30.2. The van der Waals surface area contributed by atoms with Gasteiger partial charge in [0, 0.05) is 35.4 Å². The van der Waals surface area contributed by atoms with Gasteiger partial charge in [-0.3, -0.25) is 9.59 Å². The zero-order valence-electron chi connectivity index (χ0n) is 15.5. The summed E-state index contributed by atoms with van der Waals surface area (Å²) in [7, 11) is 0. The number of nitrogens with two attached hydrogens (primary N) is 2. The van der Waals surface area contributed by atoms with Crippen LogP contribution in [0, 0.1) is 6.92 Å². The highest BCUT2D eigenvalue weighted by Gasteiger charge is 2.23. The van der Waals surface area contributed by atoms with Gasteiger partial charge < -0.3 is 21.7 Å². The Kier molecular flexibility index (Phi) is 5.12. The molecule has 2 heterocycles. The summed E-state index contributed by atoms with van der Waals surface area (Å²) in [6.07, 6.45) is 3.27. The lowest BCUT2D eigenvalue weighted by molar-refractivity contribution is 0.0963. The van der Waals surface area contributed by atoms with E-state index in [1.807, 2.05) is 13.8 Å². The Bertz CT molecular complexity index is 918. The number of primary amides is 1. The molecule has 0 unspecified atom stereocenters. The molecule has 2 aromatic rings. The molecule has 7 heteroatoms. The maximum Gasteiger partial charge on any atom is 0.255 e. The number of carbonyl (C=O) groups is 2. The van der Waals surface area contributed by atoms with Gasteiger partial charge in [-0.25, -0.2) is 4.98 Å². The van der Waals surface area contributed by atoms with Crippen molar-refractivity contribution in [3.05, 3.63) is 64.6 Å². The third-order valence-corrected chi connectivity index (χ3v) is 4.66. The standard InChI is InChI=1S/C20H23N5O2/c1-12-10-15(21)6-7-16(12)20(27)24-13(2)17-4-3-9-25(17)18-8-5-14(11-23-18)19(22)26/h5-8,10-11H,3-4,9,21H2,1-2H3,(H2,22,26)(H,24,27). The van der Waals surface area contributed by atoms with Crippen LogP contribution in [0.25, 0.3) is 0 Å². The first-order valence-corrected chi connectivity index (χ1v) is 8.77. The van der Waals surface area contributed by atoms with Crippen LogP contribution in [0.5, 0.6) is 0 Å². The Morgan fingerprint density at radius 3 is 2.63 bits per heavy atom. The van der Waals surface area contributed by atoms with Gasteiger partial charge in [-0.05, 0) is 62.6 Å². The molecular weight excluding hydrogens is 342 g/mol. The van der Waals surface area contributed by atoms with Gasteiger partial charge in [0.2, 0.25) is 5.91 Å². The number of nitrogens with zero attached hydrogens (tertiary/aromatic N) is 2. The van der Waals surface area contributed by atoms with E-state index in [2.05, 4.69) is 15.2 Å². The number of pyridine rings is 1. The van der Waals surface area contributed by atoms with Crippen molar-refractivity contribution in [3.8, 4) is 0 Å². The minimum atomic E-state index is -0.506. The lowest BCUT2D eigenvalue weighted by atomic mass is 10.1. The van der Waals surface area contributed by atoms with E-state index in [-0.39, 0.29) is 5.91 Å². The van der Waals surface area contributed by atoms with Gasteiger partial charge in [0.15, 0.2) is 0 Å². The van der Waals surface area contributed by atoms with Crippen LogP contribution < -0.4 is 21.7 Å². The van der Waals surface area contributed by atoms with Gasteiger partial charge in [-0.15, -0.1) is 0 Å². The molecule has 0 aliphatic carbocycles. The highest BCUT2D eigenvalue weighted by atomic mass is 16.2. The van der Waals surface area contributed by atoms with E-state index in [0.717, 1.165) is 42.2 Å².